The molecule has 0 saturated heterocycles. The maximum absolute atomic E-state index is 11.6. The summed E-state index contributed by atoms with van der Waals surface area (Å²) >= 11 is 9.54. The van der Waals surface area contributed by atoms with E-state index in [1.165, 1.54) is 0 Å². The van der Waals surface area contributed by atoms with Gasteiger partial charge < -0.3 is 0 Å². The van der Waals surface area contributed by atoms with E-state index in [0.717, 1.165) is 0 Å². The molecule has 0 aromatic carbocycles. The van der Waals surface area contributed by atoms with Gasteiger partial charge in [0.25, 0.3) is 5.92 Å². The minimum Gasteiger partial charge on any atom is -0.204 e. The van der Waals surface area contributed by atoms with Crippen LogP contribution >= 0.6 is 23.2 Å². The Hall–Kier alpha value is 0.440. The van der Waals surface area contributed by atoms with Gasteiger partial charge >= 0.3 is 0 Å². The minimum absolute atomic E-state index is 0.664. The first-order valence-electron chi connectivity index (χ1n) is 1.60. The second-order valence-corrected chi connectivity index (χ2v) is 2.35. The highest BCUT2D eigenvalue weighted by Crippen LogP contribution is 2.24. The Balaban J connectivity index is 3.54. The van der Waals surface area contributed by atoms with E-state index < -0.39 is 10.8 Å². The molecule has 0 amide bonds. The van der Waals surface area contributed by atoms with E-state index in [4.69, 9.17) is 23.2 Å². The van der Waals surface area contributed by atoms with Gasteiger partial charge in [-0.1, -0.05) is 23.2 Å². The van der Waals surface area contributed by atoms with Crippen LogP contribution in [0.4, 0.5) is 8.78 Å². The molecule has 0 bridgehead atoms. The summed E-state index contributed by atoms with van der Waals surface area (Å²) in [4.78, 5) is -1.59. The van der Waals surface area contributed by atoms with Crippen LogP contribution in [0.25, 0.3) is 0 Å². The summed E-state index contributed by atoms with van der Waals surface area (Å²) in [7, 11) is 0. The second-order valence-electron chi connectivity index (χ2n) is 1.26. The predicted molar refractivity (Wildman–Crippen MR) is 26.1 cm³/mol. The Morgan fingerprint density at radius 1 is 1.43 bits per heavy atom. The highest BCUT2D eigenvalue weighted by atomic mass is 35.5. The lowest BCUT2D eigenvalue weighted by Crippen LogP contribution is -2.18. The van der Waals surface area contributed by atoms with E-state index >= 15 is 0 Å². The first-order valence-corrected chi connectivity index (χ1v) is 2.48. The largest absolute Gasteiger partial charge is 0.274 e. The molecule has 0 aliphatic carbocycles. The number of alkyl halides is 4. The number of halogens is 4. The molecule has 0 radical (unpaired) electrons. The lowest BCUT2D eigenvalue weighted by molar-refractivity contribution is 0.0371. The molecule has 0 aliphatic heterocycles. The van der Waals surface area contributed by atoms with Crippen molar-refractivity contribution >= 4 is 23.2 Å². The van der Waals surface area contributed by atoms with Crippen LogP contribution in [0.2, 0.25) is 0 Å². The van der Waals surface area contributed by atoms with Crippen molar-refractivity contribution in [3.63, 3.8) is 0 Å². The second kappa shape index (κ2) is 2.14. The van der Waals surface area contributed by atoms with Crippen LogP contribution in [-0.2, 0) is 0 Å². The number of rotatable bonds is 1. The van der Waals surface area contributed by atoms with Gasteiger partial charge in [-0.2, -0.15) is 0 Å². The monoisotopic (exact) mass is 148 g/mol. The average molecular weight is 149 g/mol. The van der Waals surface area contributed by atoms with E-state index in [1.807, 2.05) is 0 Å². The maximum atomic E-state index is 11.6. The Kier molecular flexibility index (Phi) is 2.27. The van der Waals surface area contributed by atoms with Crippen molar-refractivity contribution in [2.24, 2.45) is 0 Å². The van der Waals surface area contributed by atoms with Crippen molar-refractivity contribution in [1.82, 2.24) is 0 Å². The Morgan fingerprint density at radius 3 is 1.57 bits per heavy atom. The molecule has 0 fully saturated rings. The third-order valence-electron chi connectivity index (χ3n) is 0.383. The zero-order valence-electron chi connectivity index (χ0n) is 3.59. The molecule has 0 rings (SSSR count). The molecule has 0 saturated carbocycles. The highest BCUT2D eigenvalue weighted by molar-refractivity contribution is 6.44. The van der Waals surface area contributed by atoms with Crippen molar-refractivity contribution < 1.29 is 8.78 Å². The van der Waals surface area contributed by atoms with Crippen LogP contribution in [0.3, 0.4) is 0 Å². The lowest BCUT2D eigenvalue weighted by atomic mass is 10.5. The summed E-state index contributed by atoms with van der Waals surface area (Å²) in [6.07, 6.45) is 0. The predicted octanol–water partition coefficient (Wildman–Crippen LogP) is 2.45. The molecule has 44 valence electrons. The van der Waals surface area contributed by atoms with Gasteiger partial charge in [-0.3, -0.25) is 0 Å². The van der Waals surface area contributed by atoms with Crippen LogP contribution in [0.1, 0.15) is 6.92 Å². The fraction of sp³-hybridized carbons (Fsp3) is 1.00. The standard InChI is InChI=1S/C3H4Cl2F2/c1-3(6,7)2(4)5/h2H,1H3. The topological polar surface area (TPSA) is 0 Å². The van der Waals surface area contributed by atoms with Crippen molar-refractivity contribution in [1.29, 1.82) is 0 Å². The molecule has 0 nitrogen and oxygen atoms in total. The van der Waals surface area contributed by atoms with Crippen LogP contribution in [0.15, 0.2) is 0 Å². The SMILES string of the molecule is CC(F)(F)C(Cl)Cl. The van der Waals surface area contributed by atoms with Crippen LogP contribution in [0, 0.1) is 0 Å². The van der Waals surface area contributed by atoms with Gasteiger partial charge in [0.15, 0.2) is 4.84 Å². The minimum atomic E-state index is -2.97. The molecule has 0 N–H and O–H groups in total. The summed E-state index contributed by atoms with van der Waals surface area (Å²) in [5.41, 5.74) is 0. The Bertz CT molecular complexity index is 56.4. The first kappa shape index (κ1) is 7.44. The Morgan fingerprint density at radius 2 is 1.57 bits per heavy atom. The van der Waals surface area contributed by atoms with E-state index in [9.17, 15) is 8.78 Å². The van der Waals surface area contributed by atoms with Crippen LogP contribution in [-0.4, -0.2) is 10.8 Å². The fourth-order valence-electron chi connectivity index (χ4n) is 0. The summed E-state index contributed by atoms with van der Waals surface area (Å²) in [5.74, 6) is -2.97. The Labute approximate surface area is 50.4 Å². The van der Waals surface area contributed by atoms with Gasteiger partial charge in [0.1, 0.15) is 0 Å². The molecular formula is C3H4Cl2F2. The van der Waals surface area contributed by atoms with Crippen molar-refractivity contribution in [3.8, 4) is 0 Å². The number of hydrogen-bond acceptors (Lipinski definition) is 0. The van der Waals surface area contributed by atoms with E-state index in [-0.39, 0.29) is 0 Å². The van der Waals surface area contributed by atoms with Crippen molar-refractivity contribution in [2.45, 2.75) is 17.7 Å². The fourth-order valence-corrected chi connectivity index (χ4v) is 0. The van der Waals surface area contributed by atoms with E-state index in [1.54, 1.807) is 0 Å². The third-order valence-corrected chi connectivity index (χ3v) is 1.15. The van der Waals surface area contributed by atoms with Crippen molar-refractivity contribution in [2.75, 3.05) is 0 Å². The van der Waals surface area contributed by atoms with E-state index in [2.05, 4.69) is 0 Å². The molecule has 0 atom stereocenters. The molecule has 4 heteroatoms. The smallest absolute Gasteiger partial charge is 0.204 e. The average Bonchev–Trinajstić information content (AvgIpc) is 1.31. The zero-order chi connectivity index (χ0) is 6.08. The molecule has 0 unspecified atom stereocenters. The molecule has 0 aromatic heterocycles. The van der Waals surface area contributed by atoms with Crippen LogP contribution < -0.4 is 0 Å². The van der Waals surface area contributed by atoms with Crippen molar-refractivity contribution in [3.05, 3.63) is 0 Å². The molecule has 0 heterocycles. The summed E-state index contributed by atoms with van der Waals surface area (Å²) < 4.78 is 23.2. The number of hydrogen-bond donors (Lipinski definition) is 0. The molecule has 0 aliphatic rings. The molecule has 0 aromatic rings. The normalized spacial score (nSPS) is 12.9. The van der Waals surface area contributed by atoms with Gasteiger partial charge in [0, 0.05) is 6.92 Å². The molecular weight excluding hydrogens is 145 g/mol. The zero-order valence-corrected chi connectivity index (χ0v) is 5.10. The first-order chi connectivity index (χ1) is 2.94. The highest BCUT2D eigenvalue weighted by Gasteiger charge is 2.29. The lowest BCUT2D eigenvalue weighted by Gasteiger charge is -2.08. The third kappa shape index (κ3) is 3.06. The summed E-state index contributed by atoms with van der Waals surface area (Å²) in [5, 5.41) is 0. The van der Waals surface area contributed by atoms with Gasteiger partial charge in [-0.15, -0.1) is 0 Å². The summed E-state index contributed by atoms with van der Waals surface area (Å²) in [6.45, 7) is 0.664. The summed E-state index contributed by atoms with van der Waals surface area (Å²) in [6, 6.07) is 0. The van der Waals surface area contributed by atoms with Gasteiger partial charge in [-0.05, 0) is 0 Å². The molecule has 7 heavy (non-hydrogen) atoms. The van der Waals surface area contributed by atoms with Gasteiger partial charge in [0.2, 0.25) is 0 Å². The van der Waals surface area contributed by atoms with Gasteiger partial charge in [-0.25, -0.2) is 8.78 Å². The van der Waals surface area contributed by atoms with Gasteiger partial charge in [0.05, 0.1) is 0 Å². The maximum Gasteiger partial charge on any atom is 0.274 e. The van der Waals surface area contributed by atoms with E-state index in [0.29, 0.717) is 6.92 Å². The van der Waals surface area contributed by atoms with Crippen LogP contribution in [0.5, 0.6) is 0 Å². The quantitative estimate of drug-likeness (QED) is 0.502. The molecule has 0 spiro atoms.